The topological polar surface area (TPSA) is 36.9 Å². The van der Waals surface area contributed by atoms with Crippen molar-refractivity contribution in [3.63, 3.8) is 0 Å². The summed E-state index contributed by atoms with van der Waals surface area (Å²) in [4.78, 5) is 0. The predicted octanol–water partition coefficient (Wildman–Crippen LogP) is 6.11. The highest BCUT2D eigenvalue weighted by Gasteiger charge is 2.09. The van der Waals surface area contributed by atoms with E-state index in [1.807, 2.05) is 31.2 Å². The second kappa shape index (κ2) is 6.74. The van der Waals surface area contributed by atoms with Crippen molar-refractivity contribution < 1.29 is 8.81 Å². The Kier molecular flexibility index (Phi) is 4.50. The Morgan fingerprint density at radius 3 is 2.58 bits per heavy atom. The number of aryl methyl sites for hydroxylation is 1. The van der Waals surface area contributed by atoms with Gasteiger partial charge in [-0.15, -0.1) is 0 Å². The maximum atomic E-state index is 13.0. The second-order valence-electron chi connectivity index (χ2n) is 5.34. The first-order valence-corrected chi connectivity index (χ1v) is 7.69. The fourth-order valence-corrected chi connectivity index (χ4v) is 2.56. The van der Waals surface area contributed by atoms with Crippen molar-refractivity contribution in [3.05, 3.63) is 82.3 Å². The molecule has 0 bridgehead atoms. The molecule has 24 heavy (non-hydrogen) atoms. The lowest BCUT2D eigenvalue weighted by Gasteiger charge is -2.03. The highest BCUT2D eigenvalue weighted by atomic mass is 35.5. The van der Waals surface area contributed by atoms with E-state index in [0.717, 1.165) is 11.1 Å². The number of hydrogen-bond donors (Lipinski definition) is 0. The molecule has 0 fully saturated rings. The third-order valence-electron chi connectivity index (χ3n) is 3.65. The van der Waals surface area contributed by atoms with Crippen LogP contribution in [0.1, 0.15) is 16.9 Å². The van der Waals surface area contributed by atoms with Crippen LogP contribution in [0.25, 0.3) is 23.0 Å². The first-order chi connectivity index (χ1) is 11.6. The molecule has 0 spiro atoms. The largest absolute Gasteiger partial charge is 0.457 e. The summed E-state index contributed by atoms with van der Waals surface area (Å²) in [6.07, 6.45) is 1.64. The molecule has 1 heterocycles. The minimum Gasteiger partial charge on any atom is -0.457 e. The molecule has 1 aromatic heterocycles. The summed E-state index contributed by atoms with van der Waals surface area (Å²) in [5.41, 5.74) is 2.99. The summed E-state index contributed by atoms with van der Waals surface area (Å²) in [5.74, 6) is 0.885. The average molecular weight is 338 g/mol. The monoisotopic (exact) mass is 337 g/mol. The van der Waals surface area contributed by atoms with E-state index in [4.69, 9.17) is 16.0 Å². The SMILES string of the molecule is Cc1ccc(Cl)cc1-c1ccc(/C=C(/C#N)c2ccc(F)cc2)o1. The van der Waals surface area contributed by atoms with E-state index in [-0.39, 0.29) is 5.82 Å². The zero-order valence-electron chi connectivity index (χ0n) is 12.9. The smallest absolute Gasteiger partial charge is 0.135 e. The molecule has 4 heteroatoms. The van der Waals surface area contributed by atoms with Gasteiger partial charge in [0.1, 0.15) is 17.3 Å². The van der Waals surface area contributed by atoms with E-state index in [1.54, 1.807) is 24.3 Å². The van der Waals surface area contributed by atoms with Gasteiger partial charge in [0, 0.05) is 10.6 Å². The number of furan rings is 1. The van der Waals surface area contributed by atoms with Gasteiger partial charge in [-0.3, -0.25) is 0 Å². The molecule has 0 aliphatic carbocycles. The number of nitrogens with zero attached hydrogens (tertiary/aromatic N) is 1. The molecule has 0 radical (unpaired) electrons. The normalized spacial score (nSPS) is 11.3. The van der Waals surface area contributed by atoms with Crippen LogP contribution in [0.4, 0.5) is 4.39 Å². The minimum absolute atomic E-state index is 0.340. The van der Waals surface area contributed by atoms with Crippen molar-refractivity contribution in [1.29, 1.82) is 5.26 Å². The molecule has 0 saturated carbocycles. The number of hydrogen-bond acceptors (Lipinski definition) is 2. The Morgan fingerprint density at radius 2 is 1.88 bits per heavy atom. The highest BCUT2D eigenvalue weighted by Crippen LogP contribution is 2.29. The summed E-state index contributed by atoms with van der Waals surface area (Å²) in [6, 6.07) is 17.1. The fraction of sp³-hybridized carbons (Fsp3) is 0.0500. The summed E-state index contributed by atoms with van der Waals surface area (Å²) in [7, 11) is 0. The fourth-order valence-electron chi connectivity index (χ4n) is 2.39. The van der Waals surface area contributed by atoms with Crippen molar-refractivity contribution in [2.75, 3.05) is 0 Å². The lowest BCUT2D eigenvalue weighted by Crippen LogP contribution is -1.82. The molecule has 0 amide bonds. The van der Waals surface area contributed by atoms with Crippen LogP contribution in [0.3, 0.4) is 0 Å². The van der Waals surface area contributed by atoms with Crippen molar-refractivity contribution in [2.24, 2.45) is 0 Å². The first-order valence-electron chi connectivity index (χ1n) is 7.31. The molecule has 3 rings (SSSR count). The highest BCUT2D eigenvalue weighted by molar-refractivity contribution is 6.30. The maximum Gasteiger partial charge on any atom is 0.135 e. The van der Waals surface area contributed by atoms with E-state index < -0.39 is 0 Å². The van der Waals surface area contributed by atoms with Crippen LogP contribution in [0.2, 0.25) is 5.02 Å². The molecule has 3 aromatic rings. The number of rotatable bonds is 3. The zero-order chi connectivity index (χ0) is 17.1. The molecule has 0 atom stereocenters. The van der Waals surface area contributed by atoms with Gasteiger partial charge in [-0.25, -0.2) is 4.39 Å². The number of benzene rings is 2. The van der Waals surface area contributed by atoms with Crippen molar-refractivity contribution in [2.45, 2.75) is 6.92 Å². The van der Waals surface area contributed by atoms with Gasteiger partial charge < -0.3 is 4.42 Å². The Morgan fingerprint density at radius 1 is 1.12 bits per heavy atom. The van der Waals surface area contributed by atoms with Crippen molar-refractivity contribution in [3.8, 4) is 17.4 Å². The molecule has 0 unspecified atom stereocenters. The van der Waals surface area contributed by atoms with Gasteiger partial charge in [-0.2, -0.15) is 5.26 Å². The van der Waals surface area contributed by atoms with E-state index in [0.29, 0.717) is 27.7 Å². The van der Waals surface area contributed by atoms with Gasteiger partial charge in [-0.05, 0) is 60.5 Å². The molecule has 0 N–H and O–H groups in total. The molecule has 0 aliphatic heterocycles. The minimum atomic E-state index is -0.340. The Labute approximate surface area is 144 Å². The van der Waals surface area contributed by atoms with Crippen LogP contribution >= 0.6 is 11.6 Å². The third-order valence-corrected chi connectivity index (χ3v) is 3.89. The molecular formula is C20H13ClFNO. The lowest BCUT2D eigenvalue weighted by atomic mass is 10.1. The summed E-state index contributed by atoms with van der Waals surface area (Å²) < 4.78 is 18.8. The summed E-state index contributed by atoms with van der Waals surface area (Å²) in [6.45, 7) is 1.98. The molecular weight excluding hydrogens is 325 g/mol. The molecule has 0 saturated heterocycles. The standard InChI is InChI=1S/C20H13ClFNO/c1-13-2-5-16(21)11-19(13)20-9-8-18(24-20)10-15(12-23)14-3-6-17(22)7-4-14/h2-11H,1H3/b15-10-. The van der Waals surface area contributed by atoms with Gasteiger partial charge in [0.05, 0.1) is 11.6 Å². The summed E-state index contributed by atoms with van der Waals surface area (Å²) in [5, 5.41) is 9.98. The van der Waals surface area contributed by atoms with Gasteiger partial charge in [0.25, 0.3) is 0 Å². The van der Waals surface area contributed by atoms with Crippen LogP contribution in [-0.2, 0) is 0 Å². The van der Waals surface area contributed by atoms with E-state index in [2.05, 4.69) is 6.07 Å². The number of allylic oxidation sites excluding steroid dienone is 1. The Balaban J connectivity index is 1.96. The van der Waals surface area contributed by atoms with Crippen LogP contribution in [0.15, 0.2) is 59.0 Å². The quantitative estimate of drug-likeness (QED) is 0.540. The van der Waals surface area contributed by atoms with E-state index in [9.17, 15) is 9.65 Å². The Hall–Kier alpha value is -2.83. The number of nitriles is 1. The van der Waals surface area contributed by atoms with E-state index in [1.165, 1.54) is 12.1 Å². The van der Waals surface area contributed by atoms with E-state index >= 15 is 0 Å². The van der Waals surface area contributed by atoms with Crippen LogP contribution in [0, 0.1) is 24.1 Å². The van der Waals surface area contributed by atoms with Gasteiger partial charge >= 0.3 is 0 Å². The predicted molar refractivity (Wildman–Crippen MR) is 93.8 cm³/mol. The van der Waals surface area contributed by atoms with Crippen LogP contribution < -0.4 is 0 Å². The zero-order valence-corrected chi connectivity index (χ0v) is 13.6. The molecule has 2 nitrogen and oxygen atoms in total. The second-order valence-corrected chi connectivity index (χ2v) is 5.77. The third kappa shape index (κ3) is 3.40. The molecule has 118 valence electrons. The van der Waals surface area contributed by atoms with Gasteiger partial charge in [-0.1, -0.05) is 29.8 Å². The average Bonchev–Trinajstić information content (AvgIpc) is 3.04. The maximum absolute atomic E-state index is 13.0. The van der Waals surface area contributed by atoms with Crippen molar-refractivity contribution in [1.82, 2.24) is 0 Å². The van der Waals surface area contributed by atoms with Gasteiger partial charge in [0.2, 0.25) is 0 Å². The van der Waals surface area contributed by atoms with Crippen molar-refractivity contribution >= 4 is 23.3 Å². The first kappa shape index (κ1) is 16.0. The van der Waals surface area contributed by atoms with Gasteiger partial charge in [0.15, 0.2) is 0 Å². The van der Waals surface area contributed by atoms with Crippen LogP contribution in [-0.4, -0.2) is 0 Å². The molecule has 2 aromatic carbocycles. The lowest BCUT2D eigenvalue weighted by molar-refractivity contribution is 0.571. The summed E-state index contributed by atoms with van der Waals surface area (Å²) >= 11 is 6.05. The Bertz CT molecular complexity index is 949. The van der Waals surface area contributed by atoms with Crippen LogP contribution in [0.5, 0.6) is 0 Å². The number of halogens is 2. The molecule has 0 aliphatic rings.